The first-order valence-corrected chi connectivity index (χ1v) is 14.4. The molecule has 0 spiro atoms. The molecule has 5 heteroatoms. The van der Waals surface area contributed by atoms with Crippen LogP contribution in [0, 0.1) is 6.92 Å². The van der Waals surface area contributed by atoms with Gasteiger partial charge in [-0.25, -0.2) is 0 Å². The van der Waals surface area contributed by atoms with Crippen molar-refractivity contribution in [2.75, 3.05) is 5.06 Å². The van der Waals surface area contributed by atoms with Gasteiger partial charge in [-0.05, 0) is 56.4 Å². The summed E-state index contributed by atoms with van der Waals surface area (Å²) in [6, 6.07) is 28.1. The number of anilines is 1. The van der Waals surface area contributed by atoms with Crippen molar-refractivity contribution in [2.24, 2.45) is 0 Å². The van der Waals surface area contributed by atoms with E-state index in [0.29, 0.717) is 6.42 Å². The van der Waals surface area contributed by atoms with E-state index in [1.807, 2.05) is 65.7 Å². The van der Waals surface area contributed by atoms with Gasteiger partial charge in [0.15, 0.2) is 5.12 Å². The summed E-state index contributed by atoms with van der Waals surface area (Å²) in [6.07, 6.45) is 0.349. The Balaban J connectivity index is 1.95. The van der Waals surface area contributed by atoms with E-state index in [4.69, 9.17) is 4.53 Å². The molecule has 0 bridgehead atoms. The number of carbonyl (C=O) groups excluding carboxylic acids is 1. The molecule has 1 unspecified atom stereocenters. The number of carbonyl (C=O) groups is 1. The molecule has 3 aromatic rings. The Hall–Kier alpha value is -2.34. The van der Waals surface area contributed by atoms with Crippen LogP contribution in [0.15, 0.2) is 89.8 Å². The molecule has 0 amide bonds. The van der Waals surface area contributed by atoms with Gasteiger partial charge < -0.3 is 4.53 Å². The van der Waals surface area contributed by atoms with Crippen LogP contribution >= 0.6 is 11.8 Å². The zero-order valence-corrected chi connectivity index (χ0v) is 19.9. The average molecular weight is 436 g/mol. The van der Waals surface area contributed by atoms with Crippen LogP contribution in [0.1, 0.15) is 23.6 Å². The summed E-state index contributed by atoms with van der Waals surface area (Å²) in [7, 11) is -1.93. The highest BCUT2D eigenvalue weighted by Crippen LogP contribution is 2.34. The van der Waals surface area contributed by atoms with Gasteiger partial charge in [0.1, 0.15) is 0 Å². The summed E-state index contributed by atoms with van der Waals surface area (Å²) in [5.74, 6) is 0. The lowest BCUT2D eigenvalue weighted by Crippen LogP contribution is -2.40. The van der Waals surface area contributed by atoms with E-state index >= 15 is 0 Å². The van der Waals surface area contributed by atoms with Crippen LogP contribution in [-0.4, -0.2) is 13.4 Å². The maximum Gasteiger partial charge on any atom is 0.220 e. The second-order valence-electron chi connectivity index (χ2n) is 8.28. The highest BCUT2D eigenvalue weighted by molar-refractivity contribution is 8.13. The van der Waals surface area contributed by atoms with Crippen molar-refractivity contribution in [3.63, 3.8) is 0 Å². The van der Waals surface area contributed by atoms with E-state index in [-0.39, 0.29) is 11.2 Å². The van der Waals surface area contributed by atoms with Crippen molar-refractivity contribution >= 4 is 30.9 Å². The molecule has 0 aromatic heterocycles. The molecule has 0 saturated heterocycles. The van der Waals surface area contributed by atoms with Crippen molar-refractivity contribution in [2.45, 2.75) is 43.9 Å². The summed E-state index contributed by atoms with van der Waals surface area (Å²) in [6.45, 7) is 8.56. The predicted octanol–water partition coefficient (Wildman–Crippen LogP) is 7.02. The van der Waals surface area contributed by atoms with Gasteiger partial charge in [-0.15, -0.1) is 0 Å². The standard InChI is InChI=1S/C25H29NO2SSi/c1-20-15-17-21(18-16-20)24(19-25(27)29-23-13-9-6-10-14-23)26(28-30(2,3)4)22-11-7-5-8-12-22/h5-18,24H,19H2,1-4H3. The number of para-hydroxylation sites is 1. The zero-order valence-electron chi connectivity index (χ0n) is 18.0. The summed E-state index contributed by atoms with van der Waals surface area (Å²) in [5, 5.41) is 2.08. The molecule has 3 nitrogen and oxygen atoms in total. The lowest BCUT2D eigenvalue weighted by Gasteiger charge is -2.37. The molecule has 1 atom stereocenters. The Bertz CT molecular complexity index is 940. The second-order valence-corrected chi connectivity index (χ2v) is 13.8. The number of thioether (sulfide) groups is 1. The fourth-order valence-corrected chi connectivity index (χ4v) is 4.73. The first kappa shape index (κ1) is 22.3. The van der Waals surface area contributed by atoms with Gasteiger partial charge in [0.05, 0.1) is 11.7 Å². The molecule has 3 rings (SSSR count). The second kappa shape index (κ2) is 10.1. The molecule has 0 aliphatic carbocycles. The van der Waals surface area contributed by atoms with Gasteiger partial charge in [0.2, 0.25) is 8.32 Å². The molecule has 0 radical (unpaired) electrons. The minimum absolute atomic E-state index is 0.117. The van der Waals surface area contributed by atoms with Crippen LogP contribution in [0.5, 0.6) is 0 Å². The smallest absolute Gasteiger partial charge is 0.220 e. The van der Waals surface area contributed by atoms with Crippen LogP contribution in [0.3, 0.4) is 0 Å². The number of hydrogen-bond donors (Lipinski definition) is 0. The van der Waals surface area contributed by atoms with Gasteiger partial charge in [-0.1, -0.05) is 78.0 Å². The highest BCUT2D eigenvalue weighted by Gasteiger charge is 2.30. The molecule has 0 fully saturated rings. The molecule has 3 aromatic carbocycles. The van der Waals surface area contributed by atoms with E-state index in [1.165, 1.54) is 17.3 Å². The van der Waals surface area contributed by atoms with Crippen molar-refractivity contribution in [1.82, 2.24) is 0 Å². The van der Waals surface area contributed by atoms with Crippen molar-refractivity contribution in [1.29, 1.82) is 0 Å². The van der Waals surface area contributed by atoms with Gasteiger partial charge >= 0.3 is 0 Å². The maximum atomic E-state index is 13.1. The molecule has 156 valence electrons. The van der Waals surface area contributed by atoms with Crippen LogP contribution in [-0.2, 0) is 9.32 Å². The average Bonchev–Trinajstić information content (AvgIpc) is 2.72. The van der Waals surface area contributed by atoms with Crippen LogP contribution < -0.4 is 5.06 Å². The lowest BCUT2D eigenvalue weighted by molar-refractivity contribution is -0.111. The first-order chi connectivity index (χ1) is 14.3. The van der Waals surface area contributed by atoms with Gasteiger partial charge in [0.25, 0.3) is 0 Å². The number of nitrogens with zero attached hydrogens (tertiary/aromatic N) is 1. The third-order valence-electron chi connectivity index (χ3n) is 4.46. The SMILES string of the molecule is Cc1ccc(C(CC(=O)Sc2ccccc2)N(O[Si](C)(C)C)c2ccccc2)cc1. The molecule has 30 heavy (non-hydrogen) atoms. The fraction of sp³-hybridized carbons (Fsp3) is 0.240. The lowest BCUT2D eigenvalue weighted by atomic mass is 10.0. The summed E-state index contributed by atoms with van der Waals surface area (Å²) in [4.78, 5) is 14.0. The fourth-order valence-electron chi connectivity index (χ4n) is 3.11. The van der Waals surface area contributed by atoms with Gasteiger partial charge in [-0.3, -0.25) is 9.86 Å². The molecular formula is C25H29NO2SSi. The van der Waals surface area contributed by atoms with Crippen molar-refractivity contribution in [3.8, 4) is 0 Å². The predicted molar refractivity (Wildman–Crippen MR) is 129 cm³/mol. The van der Waals surface area contributed by atoms with E-state index in [2.05, 4.69) is 50.8 Å². The third-order valence-corrected chi connectivity index (χ3v) is 6.11. The minimum atomic E-state index is -1.93. The highest BCUT2D eigenvalue weighted by atomic mass is 32.2. The summed E-state index contributed by atoms with van der Waals surface area (Å²) < 4.78 is 6.53. The number of hydroxylamine groups is 1. The van der Waals surface area contributed by atoms with Gasteiger partial charge in [0, 0.05) is 11.3 Å². The van der Waals surface area contributed by atoms with Crippen molar-refractivity contribution in [3.05, 3.63) is 96.1 Å². The normalized spacial score (nSPS) is 12.4. The topological polar surface area (TPSA) is 29.5 Å². The Morgan fingerprint density at radius 1 is 0.900 bits per heavy atom. The van der Waals surface area contributed by atoms with Crippen LogP contribution in [0.25, 0.3) is 0 Å². The summed E-state index contributed by atoms with van der Waals surface area (Å²) in [5.41, 5.74) is 3.23. The molecule has 0 aliphatic rings. The van der Waals surface area contributed by atoms with E-state index in [0.717, 1.165) is 16.1 Å². The Morgan fingerprint density at radius 3 is 2.03 bits per heavy atom. The van der Waals surface area contributed by atoms with Crippen LogP contribution in [0.4, 0.5) is 5.69 Å². The number of aryl methyl sites for hydroxylation is 1. The summed E-state index contributed by atoms with van der Waals surface area (Å²) >= 11 is 1.29. The Labute approximate surface area is 185 Å². The van der Waals surface area contributed by atoms with E-state index in [9.17, 15) is 4.79 Å². The first-order valence-electron chi connectivity index (χ1n) is 10.2. The monoisotopic (exact) mass is 435 g/mol. The molecule has 0 aliphatic heterocycles. The third kappa shape index (κ3) is 6.59. The Morgan fingerprint density at radius 2 is 1.47 bits per heavy atom. The quantitative estimate of drug-likeness (QED) is 0.216. The molecule has 0 heterocycles. The number of rotatable bonds is 8. The molecule has 0 saturated carbocycles. The molecule has 0 N–H and O–H groups in total. The van der Waals surface area contributed by atoms with E-state index < -0.39 is 8.32 Å². The maximum absolute atomic E-state index is 13.1. The minimum Gasteiger partial charge on any atom is -0.320 e. The van der Waals surface area contributed by atoms with Gasteiger partial charge in [-0.2, -0.15) is 0 Å². The zero-order chi connectivity index (χ0) is 21.6. The number of hydrogen-bond acceptors (Lipinski definition) is 4. The molecular weight excluding hydrogens is 406 g/mol. The number of benzene rings is 3. The van der Waals surface area contributed by atoms with Crippen molar-refractivity contribution < 1.29 is 9.32 Å². The largest absolute Gasteiger partial charge is 0.320 e. The van der Waals surface area contributed by atoms with E-state index in [1.54, 1.807) is 0 Å². The Kier molecular flexibility index (Phi) is 7.53. The van der Waals surface area contributed by atoms with Crippen LogP contribution in [0.2, 0.25) is 19.6 Å².